The lowest BCUT2D eigenvalue weighted by Crippen LogP contribution is -2.30. The fourth-order valence-electron chi connectivity index (χ4n) is 2.87. The van der Waals surface area contributed by atoms with E-state index in [-0.39, 0.29) is 11.4 Å². The fourth-order valence-corrected chi connectivity index (χ4v) is 3.51. The summed E-state index contributed by atoms with van der Waals surface area (Å²) in [5.41, 5.74) is -0.0394. The van der Waals surface area contributed by atoms with Gasteiger partial charge in [0.1, 0.15) is 6.33 Å². The maximum Gasteiger partial charge on any atom is 0.416 e. The van der Waals surface area contributed by atoms with Crippen molar-refractivity contribution in [2.75, 3.05) is 34.9 Å². The molecule has 2 heterocycles. The van der Waals surface area contributed by atoms with Crippen LogP contribution in [0.4, 0.5) is 24.5 Å². The third kappa shape index (κ3) is 4.85. The number of hydrogen-bond donors (Lipinski definition) is 2. The Hall–Kier alpha value is -2.43. The molecule has 1 aromatic heterocycles. The summed E-state index contributed by atoms with van der Waals surface area (Å²) in [5, 5.41) is 10.3. The molecule has 0 bridgehead atoms. The highest BCUT2D eigenvalue weighted by molar-refractivity contribution is 7.99. The van der Waals surface area contributed by atoms with E-state index in [1.165, 1.54) is 17.1 Å². The van der Waals surface area contributed by atoms with Crippen LogP contribution in [0, 0.1) is 0 Å². The first-order valence-corrected chi connectivity index (χ1v) is 9.37. The van der Waals surface area contributed by atoms with E-state index in [9.17, 15) is 18.0 Å². The molecular weight excluding hydrogens is 381 g/mol. The van der Waals surface area contributed by atoms with Gasteiger partial charge < -0.3 is 16.1 Å². The molecule has 27 heavy (non-hydrogen) atoms. The van der Waals surface area contributed by atoms with Crippen molar-refractivity contribution in [2.24, 2.45) is 0 Å². The number of thioether (sulfide) groups is 1. The molecule has 3 rings (SSSR count). The molecule has 146 valence electrons. The zero-order valence-corrected chi connectivity index (χ0v) is 15.2. The number of carbonyl (C=O) groups excluding carboxylic acids is 1. The molecule has 11 heteroatoms. The van der Waals surface area contributed by atoms with Crippen molar-refractivity contribution in [3.8, 4) is 0 Å². The zero-order valence-electron chi connectivity index (χ0n) is 14.4. The van der Waals surface area contributed by atoms with Crippen molar-refractivity contribution in [1.29, 1.82) is 0 Å². The molecule has 1 amide bonds. The van der Waals surface area contributed by atoms with Crippen molar-refractivity contribution >= 4 is 29.0 Å². The van der Waals surface area contributed by atoms with Crippen molar-refractivity contribution in [2.45, 2.75) is 30.6 Å². The molecule has 3 N–H and O–H groups in total. The second-order valence-corrected chi connectivity index (χ2v) is 7.08. The average molecular weight is 400 g/mol. The minimum Gasteiger partial charge on any atom is -0.370 e. The Kier molecular flexibility index (Phi) is 5.78. The Morgan fingerprint density at radius 3 is 2.63 bits per heavy atom. The number of nitrogen functional groups attached to an aromatic ring is 1. The Bertz CT molecular complexity index is 804. The van der Waals surface area contributed by atoms with Gasteiger partial charge in [0.15, 0.2) is 0 Å². The third-order valence-corrected chi connectivity index (χ3v) is 5.12. The van der Waals surface area contributed by atoms with Gasteiger partial charge in [-0.2, -0.15) is 13.2 Å². The third-order valence-electron chi connectivity index (χ3n) is 4.17. The largest absolute Gasteiger partial charge is 0.416 e. The number of anilines is 2. The molecule has 1 saturated heterocycles. The maximum absolute atomic E-state index is 13.1. The number of amides is 1. The lowest BCUT2D eigenvalue weighted by Gasteiger charge is -2.31. The van der Waals surface area contributed by atoms with Gasteiger partial charge in [-0.25, -0.2) is 4.68 Å². The van der Waals surface area contributed by atoms with E-state index in [1.807, 2.05) is 4.90 Å². The normalized spacial score (nSPS) is 15.0. The number of alkyl halides is 3. The van der Waals surface area contributed by atoms with Gasteiger partial charge in [-0.05, 0) is 37.5 Å². The molecule has 1 fully saturated rings. The summed E-state index contributed by atoms with van der Waals surface area (Å²) in [6, 6.07) is 3.45. The number of rotatable bonds is 5. The minimum atomic E-state index is -4.48. The second-order valence-electron chi connectivity index (χ2n) is 6.14. The van der Waals surface area contributed by atoms with Gasteiger partial charge in [-0.1, -0.05) is 11.8 Å². The minimum absolute atomic E-state index is 0.0500. The Morgan fingerprint density at radius 1 is 1.26 bits per heavy atom. The van der Waals surface area contributed by atoms with Crippen LogP contribution in [0.15, 0.2) is 29.7 Å². The Morgan fingerprint density at radius 2 is 2.00 bits per heavy atom. The summed E-state index contributed by atoms with van der Waals surface area (Å²) in [7, 11) is 0. The van der Waals surface area contributed by atoms with Gasteiger partial charge in [0.25, 0.3) is 0 Å². The monoisotopic (exact) mass is 400 g/mol. The average Bonchev–Trinajstić information content (AvgIpc) is 3.05. The predicted molar refractivity (Wildman–Crippen MR) is 97.0 cm³/mol. The number of carbonyl (C=O) groups is 1. The van der Waals surface area contributed by atoms with Gasteiger partial charge in [-0.15, -0.1) is 10.2 Å². The number of piperidine rings is 1. The predicted octanol–water partition coefficient (Wildman–Crippen LogP) is 2.73. The molecule has 0 aliphatic carbocycles. The van der Waals surface area contributed by atoms with Crippen LogP contribution in [0.3, 0.4) is 0 Å². The van der Waals surface area contributed by atoms with Crippen LogP contribution in [0.5, 0.6) is 0 Å². The van der Waals surface area contributed by atoms with Crippen LogP contribution in [0.2, 0.25) is 0 Å². The zero-order chi connectivity index (χ0) is 19.4. The van der Waals surface area contributed by atoms with E-state index in [0.717, 1.165) is 56.2 Å². The number of nitrogens with zero attached hydrogens (tertiary/aromatic N) is 4. The molecule has 7 nitrogen and oxygen atoms in total. The molecule has 1 aliphatic rings. The highest BCUT2D eigenvalue weighted by Gasteiger charge is 2.31. The molecule has 0 saturated carbocycles. The van der Waals surface area contributed by atoms with E-state index < -0.39 is 17.6 Å². The highest BCUT2D eigenvalue weighted by Crippen LogP contribution is 2.36. The highest BCUT2D eigenvalue weighted by atomic mass is 32.2. The Labute approximate surface area is 158 Å². The molecule has 2 aromatic rings. The number of aromatic nitrogens is 3. The van der Waals surface area contributed by atoms with Gasteiger partial charge >= 0.3 is 6.18 Å². The van der Waals surface area contributed by atoms with E-state index in [1.54, 1.807) is 0 Å². The molecule has 1 aromatic carbocycles. The Balaban J connectivity index is 1.77. The van der Waals surface area contributed by atoms with Crippen molar-refractivity contribution < 1.29 is 18.0 Å². The molecule has 0 spiro atoms. The topological polar surface area (TPSA) is 89.1 Å². The van der Waals surface area contributed by atoms with E-state index in [4.69, 9.17) is 5.84 Å². The van der Waals surface area contributed by atoms with E-state index >= 15 is 0 Å². The summed E-state index contributed by atoms with van der Waals surface area (Å²) in [4.78, 5) is 14.3. The van der Waals surface area contributed by atoms with Crippen LogP contribution in [-0.2, 0) is 11.0 Å². The molecular formula is C16H19F3N6OS. The maximum atomic E-state index is 13.1. The van der Waals surface area contributed by atoms with Crippen molar-refractivity contribution in [3.05, 3.63) is 30.1 Å². The first-order chi connectivity index (χ1) is 12.8. The molecule has 1 aliphatic heterocycles. The van der Waals surface area contributed by atoms with Crippen molar-refractivity contribution in [1.82, 2.24) is 14.9 Å². The van der Waals surface area contributed by atoms with Gasteiger partial charge in [-0.3, -0.25) is 4.79 Å². The standard InChI is InChI=1S/C16H19F3N6OS/c17-16(18,19)11-4-5-13(24-6-2-1-3-7-24)12(8-11)22-14(26)9-27-15-23-21-10-25(15)20/h4-5,8,10H,1-3,6-7,9,20H2,(H,22,26). The summed E-state index contributed by atoms with van der Waals surface area (Å²) in [6.45, 7) is 1.50. The first kappa shape index (κ1) is 19.3. The van der Waals surface area contributed by atoms with Crippen LogP contribution in [0.25, 0.3) is 0 Å². The van der Waals surface area contributed by atoms with Gasteiger partial charge in [0.05, 0.1) is 22.7 Å². The summed E-state index contributed by atoms with van der Waals surface area (Å²) in [5.74, 6) is 5.08. The quantitative estimate of drug-likeness (QED) is 0.593. The number of nitrogens with two attached hydrogens (primary N) is 1. The van der Waals surface area contributed by atoms with E-state index in [0.29, 0.717) is 10.8 Å². The van der Waals surface area contributed by atoms with Gasteiger partial charge in [0.2, 0.25) is 11.1 Å². The lowest BCUT2D eigenvalue weighted by molar-refractivity contribution is -0.137. The number of benzene rings is 1. The lowest BCUT2D eigenvalue weighted by atomic mass is 10.1. The van der Waals surface area contributed by atoms with Gasteiger partial charge in [0, 0.05) is 13.1 Å². The van der Waals surface area contributed by atoms with Crippen LogP contribution >= 0.6 is 11.8 Å². The van der Waals surface area contributed by atoms with Crippen LogP contribution < -0.4 is 16.1 Å². The summed E-state index contributed by atoms with van der Waals surface area (Å²) >= 11 is 1.05. The van der Waals surface area contributed by atoms with E-state index in [2.05, 4.69) is 15.5 Å². The van der Waals surface area contributed by atoms with Crippen LogP contribution in [0.1, 0.15) is 24.8 Å². The van der Waals surface area contributed by atoms with Crippen molar-refractivity contribution in [3.63, 3.8) is 0 Å². The van der Waals surface area contributed by atoms with Crippen LogP contribution in [-0.4, -0.2) is 39.6 Å². The molecule has 0 atom stereocenters. The summed E-state index contributed by atoms with van der Waals surface area (Å²) in [6.07, 6.45) is -0.159. The SMILES string of the molecule is Nn1cnnc1SCC(=O)Nc1cc(C(F)(F)F)ccc1N1CCCCC1. The fraction of sp³-hybridized carbons (Fsp3) is 0.438. The first-order valence-electron chi connectivity index (χ1n) is 8.38. The molecule has 0 radical (unpaired) electrons. The smallest absolute Gasteiger partial charge is 0.370 e. The molecule has 0 unspecified atom stereocenters. The number of hydrogen-bond acceptors (Lipinski definition) is 6. The number of halogens is 3. The summed E-state index contributed by atoms with van der Waals surface area (Å²) < 4.78 is 40.5. The second kappa shape index (κ2) is 8.07. The number of nitrogens with one attached hydrogen (secondary N) is 1.